The lowest BCUT2D eigenvalue weighted by Crippen LogP contribution is -2.31. The van der Waals surface area contributed by atoms with Crippen LogP contribution in [-0.4, -0.2) is 63.4 Å². The van der Waals surface area contributed by atoms with Gasteiger partial charge >= 0.3 is 5.97 Å². The third-order valence-corrected chi connectivity index (χ3v) is 5.97. The molecule has 0 spiro atoms. The minimum atomic E-state index is -3.87. The number of ether oxygens (including phenoxy) is 2. The first kappa shape index (κ1) is 25.0. The Hall–Kier alpha value is -3.61. The molecule has 2 aromatic rings. The van der Waals surface area contributed by atoms with Crippen molar-refractivity contribution >= 4 is 39.4 Å². The molecule has 3 amide bonds. The van der Waals surface area contributed by atoms with E-state index in [2.05, 4.69) is 5.32 Å². The number of carbonyl (C=O) groups is 4. The highest BCUT2D eigenvalue weighted by Gasteiger charge is 2.36. The fraction of sp³-hybridized carbons (Fsp3) is 0.273. The Morgan fingerprint density at radius 2 is 1.71 bits per heavy atom. The number of fused-ring (bicyclic) bond motifs is 1. The highest BCUT2D eigenvalue weighted by molar-refractivity contribution is 7.89. The van der Waals surface area contributed by atoms with Crippen LogP contribution in [-0.2, 0) is 24.3 Å². The molecule has 0 bridgehead atoms. The van der Waals surface area contributed by atoms with Crippen LogP contribution in [0, 0.1) is 0 Å². The smallest absolute Gasteiger partial charge is 0.338 e. The van der Waals surface area contributed by atoms with E-state index < -0.39 is 39.8 Å². The van der Waals surface area contributed by atoms with E-state index >= 15 is 0 Å². The number of sulfonamides is 1. The SMILES string of the molecule is COCCCN1C(=O)c2ccc(C(=O)OC(C)C(=O)Nc3ccc(S(N)(=O)=O)cc3)cc2C1=O. The highest BCUT2D eigenvalue weighted by Crippen LogP contribution is 2.25. The number of imide groups is 1. The molecule has 0 saturated carbocycles. The lowest BCUT2D eigenvalue weighted by atomic mass is 10.1. The Morgan fingerprint density at radius 1 is 1.06 bits per heavy atom. The molecule has 1 atom stereocenters. The van der Waals surface area contributed by atoms with Crippen molar-refractivity contribution in [3.05, 3.63) is 59.2 Å². The molecule has 0 saturated heterocycles. The molecule has 12 heteroatoms. The third-order valence-electron chi connectivity index (χ3n) is 5.04. The Balaban J connectivity index is 1.64. The van der Waals surface area contributed by atoms with Crippen molar-refractivity contribution in [2.75, 3.05) is 25.6 Å². The number of nitrogens with two attached hydrogens (primary N) is 1. The van der Waals surface area contributed by atoms with Gasteiger partial charge in [0.25, 0.3) is 17.7 Å². The number of benzene rings is 2. The Morgan fingerprint density at radius 3 is 2.32 bits per heavy atom. The standard InChI is InChI=1S/C22H23N3O8S/c1-13(19(26)24-15-5-7-16(8-6-15)34(23,30)31)33-22(29)14-4-9-17-18(12-14)21(28)25(20(17)27)10-3-11-32-2/h4-9,12-13H,3,10-11H2,1-2H3,(H,24,26)(H2,23,30,31). The van der Waals surface area contributed by atoms with Gasteiger partial charge in [-0.2, -0.15) is 0 Å². The van der Waals surface area contributed by atoms with E-state index in [9.17, 15) is 27.6 Å². The maximum absolute atomic E-state index is 12.6. The number of carbonyl (C=O) groups excluding carboxylic acids is 4. The summed E-state index contributed by atoms with van der Waals surface area (Å²) in [6, 6.07) is 9.13. The van der Waals surface area contributed by atoms with Gasteiger partial charge in [-0.3, -0.25) is 19.3 Å². The zero-order valence-corrected chi connectivity index (χ0v) is 19.3. The van der Waals surface area contributed by atoms with E-state index in [4.69, 9.17) is 14.6 Å². The summed E-state index contributed by atoms with van der Waals surface area (Å²) in [4.78, 5) is 50.9. The van der Waals surface area contributed by atoms with Gasteiger partial charge in [0.15, 0.2) is 6.10 Å². The Kier molecular flexibility index (Phi) is 7.44. The summed E-state index contributed by atoms with van der Waals surface area (Å²) >= 11 is 0. The van der Waals surface area contributed by atoms with Gasteiger partial charge in [-0.1, -0.05) is 0 Å². The molecule has 0 radical (unpaired) electrons. The molecular formula is C22H23N3O8S. The molecule has 3 N–H and O–H groups in total. The van der Waals surface area contributed by atoms with Gasteiger partial charge in [-0.25, -0.2) is 18.4 Å². The average Bonchev–Trinajstić information content (AvgIpc) is 3.03. The summed E-state index contributed by atoms with van der Waals surface area (Å²) in [6.07, 6.45) is -0.726. The fourth-order valence-electron chi connectivity index (χ4n) is 3.24. The van der Waals surface area contributed by atoms with E-state index in [1.165, 1.54) is 56.5 Å². The first-order valence-electron chi connectivity index (χ1n) is 10.2. The Labute approximate surface area is 195 Å². The molecule has 3 rings (SSSR count). The molecule has 1 unspecified atom stereocenters. The second-order valence-corrected chi connectivity index (χ2v) is 9.04. The second kappa shape index (κ2) is 10.1. The average molecular weight is 490 g/mol. The largest absolute Gasteiger partial charge is 0.449 e. The summed E-state index contributed by atoms with van der Waals surface area (Å²) in [6.45, 7) is 1.93. The normalized spacial score (nSPS) is 14.0. The summed E-state index contributed by atoms with van der Waals surface area (Å²) in [5.74, 6) is -2.47. The predicted octanol–water partition coefficient (Wildman–Crippen LogP) is 1.15. The summed E-state index contributed by atoms with van der Waals surface area (Å²) in [5, 5.41) is 7.53. The molecule has 1 aliphatic rings. The molecule has 34 heavy (non-hydrogen) atoms. The first-order chi connectivity index (χ1) is 16.0. The fourth-order valence-corrected chi connectivity index (χ4v) is 3.76. The van der Waals surface area contributed by atoms with Crippen LogP contribution in [0.5, 0.6) is 0 Å². The van der Waals surface area contributed by atoms with Gasteiger partial charge in [-0.05, 0) is 55.8 Å². The van der Waals surface area contributed by atoms with Crippen molar-refractivity contribution in [1.82, 2.24) is 4.90 Å². The maximum atomic E-state index is 12.6. The van der Waals surface area contributed by atoms with Crippen molar-refractivity contribution < 1.29 is 37.1 Å². The van der Waals surface area contributed by atoms with Gasteiger partial charge in [0.05, 0.1) is 21.6 Å². The van der Waals surface area contributed by atoms with Crippen LogP contribution in [0.1, 0.15) is 44.4 Å². The van der Waals surface area contributed by atoms with Gasteiger partial charge in [0.2, 0.25) is 10.0 Å². The van der Waals surface area contributed by atoms with Crippen LogP contribution < -0.4 is 10.5 Å². The zero-order chi connectivity index (χ0) is 25.0. The minimum Gasteiger partial charge on any atom is -0.449 e. The van der Waals surface area contributed by atoms with Crippen LogP contribution >= 0.6 is 0 Å². The molecule has 180 valence electrons. The Bertz CT molecular complexity index is 1240. The van der Waals surface area contributed by atoms with E-state index in [-0.39, 0.29) is 33.8 Å². The first-order valence-corrected chi connectivity index (χ1v) is 11.7. The van der Waals surface area contributed by atoms with E-state index in [1.807, 2.05) is 0 Å². The number of esters is 1. The number of hydrogen-bond acceptors (Lipinski definition) is 8. The van der Waals surface area contributed by atoms with Crippen molar-refractivity contribution in [1.29, 1.82) is 0 Å². The number of nitrogens with one attached hydrogen (secondary N) is 1. The molecule has 2 aromatic carbocycles. The lowest BCUT2D eigenvalue weighted by Gasteiger charge is -2.14. The van der Waals surface area contributed by atoms with Gasteiger partial charge in [0, 0.05) is 25.9 Å². The van der Waals surface area contributed by atoms with Crippen molar-refractivity contribution in [2.45, 2.75) is 24.3 Å². The van der Waals surface area contributed by atoms with Crippen molar-refractivity contribution in [3.8, 4) is 0 Å². The number of methoxy groups -OCH3 is 1. The van der Waals surface area contributed by atoms with Gasteiger partial charge < -0.3 is 14.8 Å². The summed E-state index contributed by atoms with van der Waals surface area (Å²) in [5.41, 5.74) is 0.558. The number of hydrogen-bond donors (Lipinski definition) is 2. The van der Waals surface area contributed by atoms with Crippen LogP contribution in [0.25, 0.3) is 0 Å². The summed E-state index contributed by atoms with van der Waals surface area (Å²) in [7, 11) is -2.35. The number of amides is 3. The molecule has 11 nitrogen and oxygen atoms in total. The van der Waals surface area contributed by atoms with E-state index in [0.717, 1.165) is 4.90 Å². The monoisotopic (exact) mass is 489 g/mol. The summed E-state index contributed by atoms with van der Waals surface area (Å²) < 4.78 is 32.7. The predicted molar refractivity (Wildman–Crippen MR) is 120 cm³/mol. The molecule has 0 aromatic heterocycles. The maximum Gasteiger partial charge on any atom is 0.338 e. The van der Waals surface area contributed by atoms with E-state index in [1.54, 1.807) is 0 Å². The molecule has 0 aliphatic carbocycles. The topological polar surface area (TPSA) is 162 Å². The zero-order valence-electron chi connectivity index (χ0n) is 18.4. The quantitative estimate of drug-likeness (QED) is 0.301. The van der Waals surface area contributed by atoms with Gasteiger partial charge in [0.1, 0.15) is 0 Å². The van der Waals surface area contributed by atoms with Gasteiger partial charge in [-0.15, -0.1) is 0 Å². The number of nitrogens with zero attached hydrogens (tertiary/aromatic N) is 1. The van der Waals surface area contributed by atoms with Crippen LogP contribution in [0.4, 0.5) is 5.69 Å². The number of primary sulfonamides is 1. The van der Waals surface area contributed by atoms with E-state index in [0.29, 0.717) is 13.0 Å². The molecule has 1 heterocycles. The second-order valence-electron chi connectivity index (χ2n) is 7.47. The lowest BCUT2D eigenvalue weighted by molar-refractivity contribution is -0.123. The molecule has 1 aliphatic heterocycles. The highest BCUT2D eigenvalue weighted by atomic mass is 32.2. The third kappa shape index (κ3) is 5.47. The van der Waals surface area contributed by atoms with Crippen LogP contribution in [0.3, 0.4) is 0 Å². The van der Waals surface area contributed by atoms with Crippen LogP contribution in [0.2, 0.25) is 0 Å². The molecular weight excluding hydrogens is 466 g/mol. The number of anilines is 1. The van der Waals surface area contributed by atoms with Crippen LogP contribution in [0.15, 0.2) is 47.4 Å². The van der Waals surface area contributed by atoms with Crippen molar-refractivity contribution in [3.63, 3.8) is 0 Å². The molecule has 0 fully saturated rings. The van der Waals surface area contributed by atoms with Crippen molar-refractivity contribution in [2.24, 2.45) is 5.14 Å². The number of rotatable bonds is 9. The minimum absolute atomic E-state index is 0.01000.